The molecule has 1 amide bonds. The molecule has 0 aliphatic carbocycles. The lowest BCUT2D eigenvalue weighted by molar-refractivity contribution is 0.0946. The molecule has 3 aromatic rings. The van der Waals surface area contributed by atoms with Crippen molar-refractivity contribution in [2.45, 2.75) is 6.04 Å². The Hall–Kier alpha value is -1.59. The zero-order valence-electron chi connectivity index (χ0n) is 13.9. The first kappa shape index (κ1) is 18.2. The molecule has 2 aromatic carbocycles. The van der Waals surface area contributed by atoms with Gasteiger partial charge in [-0.25, -0.2) is 0 Å². The highest BCUT2D eigenvalue weighted by Gasteiger charge is 2.21. The summed E-state index contributed by atoms with van der Waals surface area (Å²) in [5.41, 5.74) is 0.983. The van der Waals surface area contributed by atoms with Gasteiger partial charge in [0.2, 0.25) is 0 Å². The van der Waals surface area contributed by atoms with Crippen molar-refractivity contribution in [1.29, 1.82) is 0 Å². The second-order valence-corrected chi connectivity index (χ2v) is 7.79. The van der Waals surface area contributed by atoms with Crippen molar-refractivity contribution in [3.8, 4) is 0 Å². The van der Waals surface area contributed by atoms with Gasteiger partial charge in [-0.1, -0.05) is 59.6 Å². The van der Waals surface area contributed by atoms with E-state index in [9.17, 15) is 4.79 Å². The highest BCUT2D eigenvalue weighted by Crippen LogP contribution is 2.35. The third-order valence-corrected chi connectivity index (χ3v) is 6.10. The molecular weight excluding hydrogens is 375 g/mol. The first-order valence-corrected chi connectivity index (χ1v) is 9.42. The number of halogens is 2. The number of rotatable bonds is 5. The summed E-state index contributed by atoms with van der Waals surface area (Å²) < 4.78 is 1.01. The van der Waals surface area contributed by atoms with Gasteiger partial charge in [0.15, 0.2) is 0 Å². The van der Waals surface area contributed by atoms with Gasteiger partial charge in [-0.05, 0) is 31.8 Å². The molecule has 0 unspecified atom stereocenters. The molecule has 0 fully saturated rings. The van der Waals surface area contributed by atoms with E-state index in [2.05, 4.69) is 5.32 Å². The number of carbonyl (C=O) groups excluding carboxylic acids is 1. The van der Waals surface area contributed by atoms with E-state index >= 15 is 0 Å². The van der Waals surface area contributed by atoms with Gasteiger partial charge in [0.25, 0.3) is 5.91 Å². The molecule has 6 heteroatoms. The van der Waals surface area contributed by atoms with Crippen molar-refractivity contribution in [2.24, 2.45) is 0 Å². The van der Waals surface area contributed by atoms with Gasteiger partial charge in [0.05, 0.1) is 11.1 Å². The van der Waals surface area contributed by atoms with Crippen LogP contribution in [-0.4, -0.2) is 31.4 Å². The van der Waals surface area contributed by atoms with Gasteiger partial charge in [0, 0.05) is 21.7 Å². The Morgan fingerprint density at radius 3 is 2.48 bits per heavy atom. The van der Waals surface area contributed by atoms with Crippen molar-refractivity contribution in [2.75, 3.05) is 20.6 Å². The molecule has 0 spiro atoms. The summed E-state index contributed by atoms with van der Waals surface area (Å²) in [5.74, 6) is -0.162. The fourth-order valence-electron chi connectivity index (χ4n) is 2.75. The molecule has 3 nitrogen and oxygen atoms in total. The van der Waals surface area contributed by atoms with Crippen LogP contribution in [0.2, 0.25) is 10.0 Å². The molecule has 0 aliphatic rings. The van der Waals surface area contributed by atoms with E-state index in [-0.39, 0.29) is 11.9 Å². The first-order chi connectivity index (χ1) is 12.0. The number of nitrogens with one attached hydrogen (secondary N) is 1. The predicted molar refractivity (Wildman–Crippen MR) is 107 cm³/mol. The summed E-state index contributed by atoms with van der Waals surface area (Å²) in [4.78, 5) is 15.2. The van der Waals surface area contributed by atoms with Crippen LogP contribution in [0, 0.1) is 0 Å². The summed E-state index contributed by atoms with van der Waals surface area (Å²) in [6.45, 7) is 0.445. The number of thiophene rings is 1. The Balaban J connectivity index is 1.80. The molecule has 0 aliphatic heterocycles. The molecule has 0 saturated heterocycles. The minimum absolute atomic E-state index is 0.0224. The molecule has 0 saturated carbocycles. The number of amides is 1. The standard InChI is InChI=1S/C19H18Cl2N2OS/c1-23(2)15(12-7-3-5-9-14(12)20)11-22-19(24)18-17(21)13-8-4-6-10-16(13)25-18/h3-10,15H,11H2,1-2H3,(H,22,24)/t15-/m0/s1. The average molecular weight is 393 g/mol. The van der Waals surface area contributed by atoms with Crippen LogP contribution in [-0.2, 0) is 0 Å². The van der Waals surface area contributed by atoms with E-state index in [0.29, 0.717) is 21.5 Å². The van der Waals surface area contributed by atoms with Crippen LogP contribution in [0.4, 0.5) is 0 Å². The van der Waals surface area contributed by atoms with Gasteiger partial charge in [0.1, 0.15) is 4.88 Å². The molecule has 1 N–H and O–H groups in total. The lowest BCUT2D eigenvalue weighted by Gasteiger charge is -2.25. The summed E-state index contributed by atoms with van der Waals surface area (Å²) in [7, 11) is 3.93. The summed E-state index contributed by atoms with van der Waals surface area (Å²) >= 11 is 14.1. The second kappa shape index (κ2) is 7.75. The molecule has 0 bridgehead atoms. The minimum atomic E-state index is -0.162. The summed E-state index contributed by atoms with van der Waals surface area (Å²) in [5, 5.41) is 5.11. The zero-order chi connectivity index (χ0) is 18.0. The molecule has 3 rings (SSSR count). The van der Waals surface area contributed by atoms with Crippen LogP contribution in [0.1, 0.15) is 21.3 Å². The first-order valence-electron chi connectivity index (χ1n) is 7.85. The number of hydrogen-bond donors (Lipinski definition) is 1. The van der Waals surface area contributed by atoms with Crippen LogP contribution in [0.25, 0.3) is 10.1 Å². The van der Waals surface area contributed by atoms with E-state index in [4.69, 9.17) is 23.2 Å². The minimum Gasteiger partial charge on any atom is -0.349 e. The lowest BCUT2D eigenvalue weighted by atomic mass is 10.1. The number of carbonyl (C=O) groups is 1. The Labute approximate surface area is 161 Å². The van der Waals surface area contributed by atoms with E-state index in [1.807, 2.05) is 67.5 Å². The Kier molecular flexibility index (Phi) is 5.64. The van der Waals surface area contributed by atoms with Gasteiger partial charge >= 0.3 is 0 Å². The third-order valence-electron chi connectivity index (χ3n) is 4.08. The highest BCUT2D eigenvalue weighted by atomic mass is 35.5. The second-order valence-electron chi connectivity index (χ2n) is 5.95. The summed E-state index contributed by atoms with van der Waals surface area (Å²) in [6.07, 6.45) is 0. The zero-order valence-corrected chi connectivity index (χ0v) is 16.3. The van der Waals surface area contributed by atoms with Crippen LogP contribution >= 0.6 is 34.5 Å². The molecule has 25 heavy (non-hydrogen) atoms. The normalized spacial score (nSPS) is 12.5. The maximum Gasteiger partial charge on any atom is 0.262 e. The Morgan fingerprint density at radius 1 is 1.12 bits per heavy atom. The number of nitrogens with zero attached hydrogens (tertiary/aromatic N) is 1. The maximum absolute atomic E-state index is 12.6. The highest BCUT2D eigenvalue weighted by molar-refractivity contribution is 7.21. The van der Waals surface area contributed by atoms with Crippen LogP contribution < -0.4 is 5.32 Å². The molecule has 1 atom stereocenters. The lowest BCUT2D eigenvalue weighted by Crippen LogP contribution is -2.34. The monoisotopic (exact) mass is 392 g/mol. The maximum atomic E-state index is 12.6. The Morgan fingerprint density at radius 2 is 1.80 bits per heavy atom. The molecule has 130 valence electrons. The fraction of sp³-hybridized carbons (Fsp3) is 0.211. The van der Waals surface area contributed by atoms with Gasteiger partial charge in [-0.2, -0.15) is 0 Å². The number of benzene rings is 2. The third kappa shape index (κ3) is 3.82. The smallest absolute Gasteiger partial charge is 0.262 e. The van der Waals surface area contributed by atoms with Crippen LogP contribution in [0.5, 0.6) is 0 Å². The van der Waals surface area contributed by atoms with Gasteiger partial charge in [-0.15, -0.1) is 11.3 Å². The SMILES string of the molecule is CN(C)[C@@H](CNC(=O)c1sc2ccccc2c1Cl)c1ccccc1Cl. The van der Waals surface area contributed by atoms with E-state index < -0.39 is 0 Å². The van der Waals surface area contributed by atoms with E-state index in [1.54, 1.807) is 0 Å². The van der Waals surface area contributed by atoms with E-state index in [0.717, 1.165) is 15.6 Å². The summed E-state index contributed by atoms with van der Waals surface area (Å²) in [6, 6.07) is 15.4. The van der Waals surface area contributed by atoms with Crippen molar-refractivity contribution in [3.05, 3.63) is 69.0 Å². The molecular formula is C19H18Cl2N2OS. The Bertz CT molecular complexity index is 907. The van der Waals surface area contributed by atoms with Gasteiger partial charge < -0.3 is 10.2 Å². The molecule has 1 aromatic heterocycles. The topological polar surface area (TPSA) is 32.3 Å². The molecule has 0 radical (unpaired) electrons. The number of fused-ring (bicyclic) bond motifs is 1. The van der Waals surface area contributed by atoms with Crippen molar-refractivity contribution in [1.82, 2.24) is 10.2 Å². The van der Waals surface area contributed by atoms with Crippen molar-refractivity contribution < 1.29 is 4.79 Å². The van der Waals surface area contributed by atoms with Gasteiger partial charge in [-0.3, -0.25) is 4.79 Å². The number of hydrogen-bond acceptors (Lipinski definition) is 3. The number of likely N-dealkylation sites (N-methyl/N-ethyl adjacent to an activating group) is 1. The van der Waals surface area contributed by atoms with Crippen LogP contribution in [0.15, 0.2) is 48.5 Å². The predicted octanol–water partition coefficient (Wildman–Crippen LogP) is 5.24. The van der Waals surface area contributed by atoms with Crippen molar-refractivity contribution >= 4 is 50.5 Å². The molecule has 1 heterocycles. The quantitative estimate of drug-likeness (QED) is 0.643. The van der Waals surface area contributed by atoms with Crippen LogP contribution in [0.3, 0.4) is 0 Å². The van der Waals surface area contributed by atoms with Crippen molar-refractivity contribution in [3.63, 3.8) is 0 Å². The largest absolute Gasteiger partial charge is 0.349 e. The average Bonchev–Trinajstić information content (AvgIpc) is 2.93. The fourth-order valence-corrected chi connectivity index (χ4v) is 4.44. The van der Waals surface area contributed by atoms with E-state index in [1.165, 1.54) is 11.3 Å².